The number of hydrogen-bond acceptors (Lipinski definition) is 3. The Bertz CT molecular complexity index is 191. The van der Waals surface area contributed by atoms with E-state index in [9.17, 15) is 9.59 Å². The minimum atomic E-state index is -0.741. The molecule has 2 amide bonds. The standard InChI is InChI=1S/C7H12N2O3/c1-3-4-5(6(8)10)9-7(11)12-2/h3,5H,1,4H2,2H3,(H2,8,10)(H,9,11). The third kappa shape index (κ3) is 3.60. The Morgan fingerprint density at radius 2 is 2.33 bits per heavy atom. The van der Waals surface area contributed by atoms with Crippen LogP contribution in [0.5, 0.6) is 0 Å². The van der Waals surface area contributed by atoms with Crippen molar-refractivity contribution in [1.82, 2.24) is 5.32 Å². The Kier molecular flexibility index (Phi) is 4.52. The van der Waals surface area contributed by atoms with Crippen LogP contribution in [0.1, 0.15) is 6.42 Å². The molecule has 0 aromatic carbocycles. The van der Waals surface area contributed by atoms with Crippen LogP contribution in [0.25, 0.3) is 0 Å². The summed E-state index contributed by atoms with van der Waals surface area (Å²) in [5.74, 6) is -0.611. The molecule has 0 heterocycles. The summed E-state index contributed by atoms with van der Waals surface area (Å²) in [6.07, 6.45) is 1.11. The van der Waals surface area contributed by atoms with Gasteiger partial charge in [0.15, 0.2) is 0 Å². The first-order valence-corrected chi connectivity index (χ1v) is 3.36. The van der Waals surface area contributed by atoms with Gasteiger partial charge in [-0.25, -0.2) is 4.79 Å². The largest absolute Gasteiger partial charge is 0.453 e. The highest BCUT2D eigenvalue weighted by Crippen LogP contribution is 1.91. The van der Waals surface area contributed by atoms with E-state index in [-0.39, 0.29) is 0 Å². The number of nitrogens with one attached hydrogen (secondary N) is 1. The molecule has 0 bridgehead atoms. The van der Waals surface area contributed by atoms with Gasteiger partial charge in [-0.3, -0.25) is 4.79 Å². The third-order valence-electron chi connectivity index (χ3n) is 1.22. The summed E-state index contributed by atoms with van der Waals surface area (Å²) in [6, 6.07) is -0.741. The van der Waals surface area contributed by atoms with Gasteiger partial charge in [0.2, 0.25) is 5.91 Å². The Labute approximate surface area is 70.6 Å². The van der Waals surface area contributed by atoms with Gasteiger partial charge in [-0.05, 0) is 6.42 Å². The smallest absolute Gasteiger partial charge is 0.407 e. The summed E-state index contributed by atoms with van der Waals surface area (Å²) in [7, 11) is 1.21. The number of methoxy groups -OCH3 is 1. The number of carbonyl (C=O) groups is 2. The number of nitrogens with two attached hydrogens (primary N) is 1. The molecule has 0 aromatic heterocycles. The lowest BCUT2D eigenvalue weighted by molar-refractivity contribution is -0.119. The number of alkyl carbamates (subject to hydrolysis) is 1. The van der Waals surface area contributed by atoms with Gasteiger partial charge in [-0.15, -0.1) is 6.58 Å². The van der Waals surface area contributed by atoms with Crippen molar-refractivity contribution in [2.24, 2.45) is 5.73 Å². The average molecular weight is 172 g/mol. The van der Waals surface area contributed by atoms with E-state index in [4.69, 9.17) is 5.73 Å². The van der Waals surface area contributed by atoms with Crippen molar-refractivity contribution in [3.05, 3.63) is 12.7 Å². The lowest BCUT2D eigenvalue weighted by Crippen LogP contribution is -2.43. The van der Waals surface area contributed by atoms with E-state index in [1.807, 2.05) is 0 Å². The van der Waals surface area contributed by atoms with Crippen molar-refractivity contribution in [1.29, 1.82) is 0 Å². The van der Waals surface area contributed by atoms with Crippen LogP contribution in [0.15, 0.2) is 12.7 Å². The van der Waals surface area contributed by atoms with Gasteiger partial charge in [0.1, 0.15) is 6.04 Å². The van der Waals surface area contributed by atoms with E-state index in [1.54, 1.807) is 0 Å². The molecule has 0 saturated carbocycles. The minimum absolute atomic E-state index is 0.296. The Hall–Kier alpha value is -1.52. The van der Waals surface area contributed by atoms with Gasteiger partial charge in [0, 0.05) is 0 Å². The van der Waals surface area contributed by atoms with Crippen molar-refractivity contribution >= 4 is 12.0 Å². The molecule has 0 spiro atoms. The van der Waals surface area contributed by atoms with Crippen molar-refractivity contribution in [3.8, 4) is 0 Å². The second-order valence-electron chi connectivity index (χ2n) is 2.12. The molecule has 12 heavy (non-hydrogen) atoms. The number of ether oxygens (including phenoxy) is 1. The molecule has 0 saturated heterocycles. The van der Waals surface area contributed by atoms with E-state index in [2.05, 4.69) is 16.6 Å². The first-order valence-electron chi connectivity index (χ1n) is 3.36. The second-order valence-corrected chi connectivity index (χ2v) is 2.12. The van der Waals surface area contributed by atoms with Crippen molar-refractivity contribution in [3.63, 3.8) is 0 Å². The molecule has 5 nitrogen and oxygen atoms in total. The lowest BCUT2D eigenvalue weighted by Gasteiger charge is -2.11. The summed E-state index contributed by atoms with van der Waals surface area (Å²) in [6.45, 7) is 3.42. The maximum Gasteiger partial charge on any atom is 0.407 e. The average Bonchev–Trinajstić information content (AvgIpc) is 2.03. The molecule has 68 valence electrons. The molecule has 0 fully saturated rings. The van der Waals surface area contributed by atoms with Crippen LogP contribution in [0.4, 0.5) is 4.79 Å². The molecule has 1 atom stereocenters. The van der Waals surface area contributed by atoms with Gasteiger partial charge < -0.3 is 15.8 Å². The van der Waals surface area contributed by atoms with Crippen LogP contribution in [0.2, 0.25) is 0 Å². The topological polar surface area (TPSA) is 81.4 Å². The SMILES string of the molecule is C=CCC(NC(=O)OC)C(N)=O. The Morgan fingerprint density at radius 1 is 1.75 bits per heavy atom. The fourth-order valence-corrected chi connectivity index (χ4v) is 0.614. The zero-order valence-electron chi connectivity index (χ0n) is 6.87. The number of carbonyl (C=O) groups excluding carboxylic acids is 2. The van der Waals surface area contributed by atoms with Crippen LogP contribution in [-0.2, 0) is 9.53 Å². The van der Waals surface area contributed by atoms with E-state index in [1.165, 1.54) is 13.2 Å². The van der Waals surface area contributed by atoms with Gasteiger partial charge in [-0.2, -0.15) is 0 Å². The predicted octanol–water partition coefficient (Wildman–Crippen LogP) is -0.228. The lowest BCUT2D eigenvalue weighted by atomic mass is 10.2. The minimum Gasteiger partial charge on any atom is -0.453 e. The van der Waals surface area contributed by atoms with Crippen LogP contribution in [-0.4, -0.2) is 25.2 Å². The molecule has 3 N–H and O–H groups in total. The summed E-state index contributed by atoms with van der Waals surface area (Å²) in [4.78, 5) is 21.3. The van der Waals surface area contributed by atoms with Crippen LogP contribution < -0.4 is 11.1 Å². The van der Waals surface area contributed by atoms with Crippen molar-refractivity contribution in [2.45, 2.75) is 12.5 Å². The summed E-state index contributed by atoms with van der Waals surface area (Å²) in [5.41, 5.74) is 4.97. The zero-order valence-corrected chi connectivity index (χ0v) is 6.87. The summed E-state index contributed by atoms with van der Waals surface area (Å²) in [5, 5.41) is 2.26. The second kappa shape index (κ2) is 5.17. The maximum absolute atomic E-state index is 10.6. The number of amides is 2. The normalized spacial score (nSPS) is 11.4. The molecule has 0 rings (SSSR count). The van der Waals surface area contributed by atoms with E-state index >= 15 is 0 Å². The molecule has 0 radical (unpaired) electrons. The number of primary amides is 1. The summed E-state index contributed by atoms with van der Waals surface area (Å²) < 4.78 is 4.29. The van der Waals surface area contributed by atoms with Crippen LogP contribution >= 0.6 is 0 Å². The quantitative estimate of drug-likeness (QED) is 0.575. The maximum atomic E-state index is 10.6. The van der Waals surface area contributed by atoms with Crippen LogP contribution in [0.3, 0.4) is 0 Å². The fraction of sp³-hybridized carbons (Fsp3) is 0.429. The van der Waals surface area contributed by atoms with Gasteiger partial charge >= 0.3 is 6.09 Å². The first kappa shape index (κ1) is 10.5. The van der Waals surface area contributed by atoms with Crippen molar-refractivity contribution in [2.75, 3.05) is 7.11 Å². The Balaban J connectivity index is 4.03. The molecule has 0 aliphatic rings. The fourth-order valence-electron chi connectivity index (χ4n) is 0.614. The molecule has 1 unspecified atom stereocenters. The predicted molar refractivity (Wildman–Crippen MR) is 43.3 cm³/mol. The number of hydrogen-bond donors (Lipinski definition) is 2. The van der Waals surface area contributed by atoms with Crippen LogP contribution in [0, 0.1) is 0 Å². The molecule has 5 heteroatoms. The highest BCUT2D eigenvalue weighted by atomic mass is 16.5. The first-order chi connectivity index (χ1) is 5.61. The van der Waals surface area contributed by atoms with E-state index in [0.29, 0.717) is 6.42 Å². The van der Waals surface area contributed by atoms with Gasteiger partial charge in [0.05, 0.1) is 7.11 Å². The molecule has 0 aliphatic carbocycles. The molecule has 0 aromatic rings. The van der Waals surface area contributed by atoms with E-state index in [0.717, 1.165) is 0 Å². The highest BCUT2D eigenvalue weighted by Gasteiger charge is 2.15. The number of rotatable bonds is 4. The summed E-state index contributed by atoms with van der Waals surface area (Å²) >= 11 is 0. The highest BCUT2D eigenvalue weighted by molar-refractivity contribution is 5.84. The monoisotopic (exact) mass is 172 g/mol. The zero-order chi connectivity index (χ0) is 9.56. The molecular formula is C7H12N2O3. The van der Waals surface area contributed by atoms with Gasteiger partial charge in [-0.1, -0.05) is 6.08 Å². The molecule has 0 aliphatic heterocycles. The van der Waals surface area contributed by atoms with Gasteiger partial charge in [0.25, 0.3) is 0 Å². The molecular weight excluding hydrogens is 160 g/mol. The third-order valence-corrected chi connectivity index (χ3v) is 1.22. The van der Waals surface area contributed by atoms with E-state index < -0.39 is 18.0 Å². The Morgan fingerprint density at radius 3 is 2.67 bits per heavy atom. The van der Waals surface area contributed by atoms with Crippen molar-refractivity contribution < 1.29 is 14.3 Å².